The maximum Gasteiger partial charge on any atom is 0.225 e. The fraction of sp³-hybridized carbons (Fsp3) is 0.533. The van der Waals surface area contributed by atoms with Gasteiger partial charge in [0.05, 0.1) is 20.3 Å². The molecule has 0 saturated heterocycles. The van der Waals surface area contributed by atoms with Crippen LogP contribution in [-0.2, 0) is 4.79 Å². The zero-order valence-electron chi connectivity index (χ0n) is 12.5. The molecule has 0 aliphatic heterocycles. The predicted molar refractivity (Wildman–Crippen MR) is 75.6 cm³/mol. The summed E-state index contributed by atoms with van der Waals surface area (Å²) < 4.78 is 10.5. The van der Waals surface area contributed by atoms with E-state index in [1.165, 1.54) is 0 Å². The first-order valence-corrected chi connectivity index (χ1v) is 6.32. The van der Waals surface area contributed by atoms with Gasteiger partial charge in [-0.1, -0.05) is 26.8 Å². The molecule has 1 aromatic rings. The average molecular weight is 265 g/mol. The maximum atomic E-state index is 12.0. The van der Waals surface area contributed by atoms with Crippen LogP contribution >= 0.6 is 0 Å². The molecule has 0 aliphatic rings. The Morgan fingerprint density at radius 3 is 2.21 bits per heavy atom. The summed E-state index contributed by atoms with van der Waals surface area (Å²) in [5.74, 6) is 1.37. The van der Waals surface area contributed by atoms with Crippen LogP contribution in [0.5, 0.6) is 11.5 Å². The lowest BCUT2D eigenvalue weighted by Gasteiger charge is -2.22. The van der Waals surface area contributed by atoms with E-state index in [1.54, 1.807) is 14.2 Å². The number of methoxy groups -OCH3 is 2. The van der Waals surface area contributed by atoms with Gasteiger partial charge < -0.3 is 14.8 Å². The van der Waals surface area contributed by atoms with Crippen LogP contribution in [0.2, 0.25) is 0 Å². The van der Waals surface area contributed by atoms with Crippen molar-refractivity contribution in [1.82, 2.24) is 5.32 Å². The van der Waals surface area contributed by atoms with Crippen LogP contribution in [-0.4, -0.2) is 20.1 Å². The fourth-order valence-corrected chi connectivity index (χ4v) is 1.62. The molecule has 1 rings (SSSR count). The number of ether oxygens (including phenoxy) is 2. The van der Waals surface area contributed by atoms with Crippen LogP contribution < -0.4 is 14.8 Å². The van der Waals surface area contributed by atoms with Crippen molar-refractivity contribution in [3.63, 3.8) is 0 Å². The molecule has 1 N–H and O–H groups in total. The SMILES string of the molecule is COc1ccc(C(C)NC(=O)C(C)(C)C)cc1OC. The van der Waals surface area contributed by atoms with E-state index in [9.17, 15) is 4.79 Å². The molecule has 106 valence electrons. The minimum Gasteiger partial charge on any atom is -0.493 e. The summed E-state index contributed by atoms with van der Waals surface area (Å²) >= 11 is 0. The number of nitrogens with one attached hydrogen (secondary N) is 1. The van der Waals surface area contributed by atoms with Gasteiger partial charge in [-0.15, -0.1) is 0 Å². The molecule has 1 amide bonds. The zero-order chi connectivity index (χ0) is 14.6. The molecule has 1 unspecified atom stereocenters. The molecule has 0 saturated carbocycles. The van der Waals surface area contributed by atoms with Crippen molar-refractivity contribution in [3.8, 4) is 11.5 Å². The molecular formula is C15H23NO3. The first-order valence-electron chi connectivity index (χ1n) is 6.32. The predicted octanol–water partition coefficient (Wildman–Crippen LogP) is 2.93. The van der Waals surface area contributed by atoms with E-state index in [2.05, 4.69) is 5.32 Å². The second-order valence-electron chi connectivity index (χ2n) is 5.56. The van der Waals surface area contributed by atoms with Gasteiger partial charge in [-0.25, -0.2) is 0 Å². The second-order valence-corrected chi connectivity index (χ2v) is 5.56. The minimum absolute atomic E-state index is 0.0229. The highest BCUT2D eigenvalue weighted by atomic mass is 16.5. The van der Waals surface area contributed by atoms with Crippen LogP contribution in [0.1, 0.15) is 39.3 Å². The quantitative estimate of drug-likeness (QED) is 0.910. The molecule has 0 aromatic heterocycles. The Balaban J connectivity index is 2.89. The standard InChI is InChI=1S/C15H23NO3/c1-10(16-14(17)15(2,3)4)11-7-8-12(18-5)13(9-11)19-6/h7-10H,1-6H3,(H,16,17). The van der Waals surface area contributed by atoms with Gasteiger partial charge in [0.15, 0.2) is 11.5 Å². The Morgan fingerprint density at radius 1 is 1.16 bits per heavy atom. The monoisotopic (exact) mass is 265 g/mol. The Hall–Kier alpha value is -1.71. The van der Waals surface area contributed by atoms with E-state index in [4.69, 9.17) is 9.47 Å². The summed E-state index contributed by atoms with van der Waals surface area (Å²) in [5, 5.41) is 2.99. The molecule has 4 nitrogen and oxygen atoms in total. The van der Waals surface area contributed by atoms with E-state index in [-0.39, 0.29) is 11.9 Å². The lowest BCUT2D eigenvalue weighted by atomic mass is 9.94. The Morgan fingerprint density at radius 2 is 1.74 bits per heavy atom. The van der Waals surface area contributed by atoms with E-state index >= 15 is 0 Å². The van der Waals surface area contributed by atoms with Crippen molar-refractivity contribution in [2.45, 2.75) is 33.7 Å². The summed E-state index contributed by atoms with van der Waals surface area (Å²) in [5.41, 5.74) is 0.584. The number of carbonyl (C=O) groups excluding carboxylic acids is 1. The molecule has 4 heteroatoms. The van der Waals surface area contributed by atoms with E-state index in [0.717, 1.165) is 5.56 Å². The fourth-order valence-electron chi connectivity index (χ4n) is 1.62. The lowest BCUT2D eigenvalue weighted by Crippen LogP contribution is -2.36. The smallest absolute Gasteiger partial charge is 0.225 e. The number of amides is 1. The Kier molecular flexibility index (Phi) is 4.81. The molecule has 0 radical (unpaired) electrons. The highest BCUT2D eigenvalue weighted by Crippen LogP contribution is 2.30. The summed E-state index contributed by atoms with van der Waals surface area (Å²) in [6.07, 6.45) is 0. The molecule has 0 heterocycles. The number of hydrogen-bond donors (Lipinski definition) is 1. The molecule has 0 bridgehead atoms. The number of rotatable bonds is 4. The number of carbonyl (C=O) groups is 1. The van der Waals surface area contributed by atoms with Gasteiger partial charge in [-0.05, 0) is 24.6 Å². The van der Waals surface area contributed by atoms with Crippen LogP contribution in [0.4, 0.5) is 0 Å². The third-order valence-electron chi connectivity index (χ3n) is 2.94. The summed E-state index contributed by atoms with van der Waals surface area (Å²) in [6, 6.07) is 5.57. The highest BCUT2D eigenvalue weighted by Gasteiger charge is 2.23. The van der Waals surface area contributed by atoms with Crippen LogP contribution in [0.15, 0.2) is 18.2 Å². The second kappa shape index (κ2) is 5.95. The van der Waals surface area contributed by atoms with Crippen molar-refractivity contribution >= 4 is 5.91 Å². The Labute approximate surface area is 115 Å². The van der Waals surface area contributed by atoms with Gasteiger partial charge in [0, 0.05) is 5.41 Å². The van der Waals surface area contributed by atoms with Crippen LogP contribution in [0.25, 0.3) is 0 Å². The number of benzene rings is 1. The van der Waals surface area contributed by atoms with Crippen molar-refractivity contribution in [2.75, 3.05) is 14.2 Å². The van der Waals surface area contributed by atoms with Gasteiger partial charge >= 0.3 is 0 Å². The third kappa shape index (κ3) is 3.88. The molecule has 0 aliphatic carbocycles. The van der Waals surface area contributed by atoms with Crippen molar-refractivity contribution in [3.05, 3.63) is 23.8 Å². The van der Waals surface area contributed by atoms with E-state index in [0.29, 0.717) is 11.5 Å². The molecular weight excluding hydrogens is 242 g/mol. The normalized spacial score (nSPS) is 12.7. The van der Waals surface area contributed by atoms with E-state index < -0.39 is 5.41 Å². The largest absolute Gasteiger partial charge is 0.493 e. The first kappa shape index (κ1) is 15.3. The topological polar surface area (TPSA) is 47.6 Å². The molecule has 19 heavy (non-hydrogen) atoms. The van der Waals surface area contributed by atoms with Gasteiger partial charge in [-0.3, -0.25) is 4.79 Å². The summed E-state index contributed by atoms with van der Waals surface area (Å²) in [4.78, 5) is 12.0. The van der Waals surface area contributed by atoms with Gasteiger partial charge in [-0.2, -0.15) is 0 Å². The third-order valence-corrected chi connectivity index (χ3v) is 2.94. The highest BCUT2D eigenvalue weighted by molar-refractivity contribution is 5.81. The molecule has 0 fully saturated rings. The average Bonchev–Trinajstić information content (AvgIpc) is 2.36. The van der Waals surface area contributed by atoms with Crippen LogP contribution in [0, 0.1) is 5.41 Å². The van der Waals surface area contributed by atoms with Gasteiger partial charge in [0.1, 0.15) is 0 Å². The number of hydrogen-bond acceptors (Lipinski definition) is 3. The Bertz CT molecular complexity index is 449. The molecule has 0 spiro atoms. The van der Waals surface area contributed by atoms with Gasteiger partial charge in [0.2, 0.25) is 5.91 Å². The maximum absolute atomic E-state index is 12.0. The van der Waals surface area contributed by atoms with Crippen molar-refractivity contribution in [1.29, 1.82) is 0 Å². The van der Waals surface area contributed by atoms with E-state index in [1.807, 2.05) is 45.9 Å². The molecule has 1 aromatic carbocycles. The van der Waals surface area contributed by atoms with Crippen molar-refractivity contribution in [2.24, 2.45) is 5.41 Å². The van der Waals surface area contributed by atoms with Crippen molar-refractivity contribution < 1.29 is 14.3 Å². The van der Waals surface area contributed by atoms with Gasteiger partial charge in [0.25, 0.3) is 0 Å². The first-order chi connectivity index (χ1) is 8.79. The summed E-state index contributed by atoms with van der Waals surface area (Å²) in [6.45, 7) is 7.63. The lowest BCUT2D eigenvalue weighted by molar-refractivity contribution is -0.129. The zero-order valence-corrected chi connectivity index (χ0v) is 12.5. The minimum atomic E-state index is -0.398. The van der Waals surface area contributed by atoms with Crippen LogP contribution in [0.3, 0.4) is 0 Å². The molecule has 1 atom stereocenters. The summed E-state index contributed by atoms with van der Waals surface area (Å²) in [7, 11) is 3.20.